The lowest BCUT2D eigenvalue weighted by Crippen LogP contribution is -2.16. The van der Waals surface area contributed by atoms with Crippen LogP contribution in [0.2, 0.25) is 0 Å². The number of pyridine rings is 1. The Bertz CT molecular complexity index is 1190. The number of nitrogens with zero attached hydrogens (tertiary/aromatic N) is 3. The first-order chi connectivity index (χ1) is 13.5. The van der Waals surface area contributed by atoms with Gasteiger partial charge in [0.05, 0.1) is 5.52 Å². The maximum atomic E-state index is 12.6. The third-order valence-electron chi connectivity index (χ3n) is 4.80. The molecule has 0 saturated carbocycles. The summed E-state index contributed by atoms with van der Waals surface area (Å²) in [4.78, 5) is 13.5. The van der Waals surface area contributed by atoms with E-state index in [4.69, 9.17) is 4.74 Å². The monoisotopic (exact) mass is 391 g/mol. The number of ether oxygens (including phenoxy) is 1. The molecular weight excluding hydrogens is 370 g/mol. The highest BCUT2D eigenvalue weighted by Crippen LogP contribution is 2.21. The number of rotatable bonds is 5. The average Bonchev–Trinajstić information content (AvgIpc) is 3.03. The van der Waals surface area contributed by atoms with E-state index in [1.54, 1.807) is 16.8 Å². The van der Waals surface area contributed by atoms with Crippen molar-refractivity contribution in [1.82, 2.24) is 14.3 Å². The summed E-state index contributed by atoms with van der Waals surface area (Å²) in [7, 11) is 0. The maximum absolute atomic E-state index is 12.6. The van der Waals surface area contributed by atoms with Crippen molar-refractivity contribution >= 4 is 23.5 Å². The van der Waals surface area contributed by atoms with E-state index in [1.807, 2.05) is 54.1 Å². The topological polar surface area (TPSA) is 49.0 Å². The van der Waals surface area contributed by atoms with Gasteiger partial charge in [-0.25, -0.2) is 0 Å². The molecule has 0 fully saturated rings. The molecule has 0 atom stereocenters. The third kappa shape index (κ3) is 3.55. The summed E-state index contributed by atoms with van der Waals surface area (Å²) in [6.07, 6.45) is 1.75. The minimum absolute atomic E-state index is 0.136. The molecule has 0 saturated heterocycles. The zero-order valence-corrected chi connectivity index (χ0v) is 16.7. The normalized spacial score (nSPS) is 11.1. The minimum atomic E-state index is -0.136. The Balaban J connectivity index is 1.59. The molecule has 2 heterocycles. The molecule has 0 aliphatic rings. The number of benzene rings is 2. The van der Waals surface area contributed by atoms with Crippen molar-refractivity contribution in [1.29, 1.82) is 0 Å². The van der Waals surface area contributed by atoms with Crippen LogP contribution >= 0.6 is 12.6 Å². The van der Waals surface area contributed by atoms with Crippen LogP contribution in [-0.4, -0.2) is 14.3 Å². The zero-order valence-electron chi connectivity index (χ0n) is 15.8. The van der Waals surface area contributed by atoms with E-state index >= 15 is 0 Å². The van der Waals surface area contributed by atoms with Gasteiger partial charge in [-0.3, -0.25) is 14.0 Å². The van der Waals surface area contributed by atoms with Gasteiger partial charge in [-0.2, -0.15) is 5.10 Å². The Morgan fingerprint density at radius 2 is 1.86 bits per heavy atom. The fourth-order valence-electron chi connectivity index (χ4n) is 3.23. The van der Waals surface area contributed by atoms with Gasteiger partial charge in [0.15, 0.2) is 0 Å². The maximum Gasteiger partial charge on any atom is 0.258 e. The van der Waals surface area contributed by atoms with Crippen molar-refractivity contribution in [3.8, 4) is 11.4 Å². The minimum Gasteiger partial charge on any atom is -0.489 e. The molecule has 2 aromatic carbocycles. The van der Waals surface area contributed by atoms with E-state index in [0.717, 1.165) is 39.3 Å². The number of hydrogen-bond donors (Lipinski definition) is 1. The van der Waals surface area contributed by atoms with Crippen molar-refractivity contribution in [3.05, 3.63) is 82.4 Å². The first kappa shape index (κ1) is 18.4. The van der Waals surface area contributed by atoms with Crippen LogP contribution in [0, 0.1) is 6.92 Å². The largest absolute Gasteiger partial charge is 0.489 e. The third-order valence-corrected chi connectivity index (χ3v) is 5.09. The molecule has 0 radical (unpaired) electrons. The first-order valence-corrected chi connectivity index (χ1v) is 9.61. The second kappa shape index (κ2) is 7.56. The van der Waals surface area contributed by atoms with Crippen LogP contribution in [0.4, 0.5) is 0 Å². The lowest BCUT2D eigenvalue weighted by atomic mass is 10.2. The Kier molecular flexibility index (Phi) is 4.96. The van der Waals surface area contributed by atoms with E-state index in [2.05, 4.69) is 24.7 Å². The van der Waals surface area contributed by atoms with Gasteiger partial charge in [0.1, 0.15) is 12.4 Å². The molecule has 0 aliphatic heterocycles. The summed E-state index contributed by atoms with van der Waals surface area (Å²) in [6, 6.07) is 16.9. The van der Waals surface area contributed by atoms with Crippen molar-refractivity contribution in [2.45, 2.75) is 31.9 Å². The predicted octanol–water partition coefficient (Wildman–Crippen LogP) is 4.38. The smallest absolute Gasteiger partial charge is 0.258 e. The van der Waals surface area contributed by atoms with E-state index in [9.17, 15) is 4.79 Å². The summed E-state index contributed by atoms with van der Waals surface area (Å²) in [5.74, 6) is 0.548. The molecule has 2 aromatic heterocycles. The summed E-state index contributed by atoms with van der Waals surface area (Å²) < 4.78 is 9.34. The quantitative estimate of drug-likeness (QED) is 0.514. The van der Waals surface area contributed by atoms with Gasteiger partial charge in [0.25, 0.3) is 5.56 Å². The van der Waals surface area contributed by atoms with E-state index in [1.165, 1.54) is 6.07 Å². The number of fused-ring (bicyclic) bond motifs is 1. The number of aryl methyl sites for hydroxylation is 2. The SMILES string of the molecule is CCn1nc2ccc(-n3ccc(OCc4ccc(S)cc4)cc3=O)cc2c1C. The fourth-order valence-corrected chi connectivity index (χ4v) is 3.37. The highest BCUT2D eigenvalue weighted by atomic mass is 32.1. The van der Waals surface area contributed by atoms with Gasteiger partial charge in [0.2, 0.25) is 0 Å². The molecule has 0 aliphatic carbocycles. The molecule has 5 nitrogen and oxygen atoms in total. The highest BCUT2D eigenvalue weighted by Gasteiger charge is 2.09. The molecule has 142 valence electrons. The first-order valence-electron chi connectivity index (χ1n) is 9.16. The number of aromatic nitrogens is 3. The van der Waals surface area contributed by atoms with Gasteiger partial charge in [0, 0.05) is 40.5 Å². The van der Waals surface area contributed by atoms with Crippen LogP contribution in [0.5, 0.6) is 5.75 Å². The van der Waals surface area contributed by atoms with Crippen LogP contribution in [0.25, 0.3) is 16.6 Å². The van der Waals surface area contributed by atoms with Gasteiger partial charge < -0.3 is 4.74 Å². The van der Waals surface area contributed by atoms with Crippen LogP contribution in [-0.2, 0) is 13.2 Å². The Morgan fingerprint density at radius 1 is 1.07 bits per heavy atom. The second-order valence-corrected chi connectivity index (χ2v) is 7.14. The predicted molar refractivity (Wildman–Crippen MR) is 114 cm³/mol. The van der Waals surface area contributed by atoms with Gasteiger partial charge >= 0.3 is 0 Å². The van der Waals surface area contributed by atoms with Crippen LogP contribution in [0.15, 0.2) is 70.5 Å². The van der Waals surface area contributed by atoms with Crippen molar-refractivity contribution in [2.75, 3.05) is 0 Å². The fraction of sp³-hybridized carbons (Fsp3) is 0.182. The van der Waals surface area contributed by atoms with Crippen molar-refractivity contribution < 1.29 is 4.74 Å². The van der Waals surface area contributed by atoms with E-state index in [-0.39, 0.29) is 5.56 Å². The molecule has 0 spiro atoms. The van der Waals surface area contributed by atoms with Gasteiger partial charge in [-0.15, -0.1) is 12.6 Å². The van der Waals surface area contributed by atoms with E-state index < -0.39 is 0 Å². The number of hydrogen-bond acceptors (Lipinski definition) is 4. The Labute approximate surface area is 168 Å². The van der Waals surface area contributed by atoms with Crippen LogP contribution < -0.4 is 10.3 Å². The lowest BCUT2D eigenvalue weighted by Gasteiger charge is -2.09. The molecule has 0 bridgehead atoms. The summed E-state index contributed by atoms with van der Waals surface area (Å²) in [5.41, 5.74) is 3.73. The van der Waals surface area contributed by atoms with Crippen LogP contribution in [0.3, 0.4) is 0 Å². The molecule has 28 heavy (non-hydrogen) atoms. The molecule has 0 amide bonds. The summed E-state index contributed by atoms with van der Waals surface area (Å²) in [6.45, 7) is 5.33. The Morgan fingerprint density at radius 3 is 2.57 bits per heavy atom. The van der Waals surface area contributed by atoms with Gasteiger partial charge in [-0.1, -0.05) is 12.1 Å². The van der Waals surface area contributed by atoms with Crippen LogP contribution in [0.1, 0.15) is 18.2 Å². The highest BCUT2D eigenvalue weighted by molar-refractivity contribution is 7.80. The molecular formula is C22H21N3O2S. The zero-order chi connectivity index (χ0) is 19.7. The molecule has 0 unspecified atom stereocenters. The molecule has 6 heteroatoms. The summed E-state index contributed by atoms with van der Waals surface area (Å²) in [5, 5.41) is 5.62. The Hall–Kier alpha value is -2.99. The lowest BCUT2D eigenvalue weighted by molar-refractivity contribution is 0.305. The average molecular weight is 391 g/mol. The molecule has 4 aromatic rings. The van der Waals surface area contributed by atoms with Crippen molar-refractivity contribution in [2.24, 2.45) is 0 Å². The molecule has 0 N–H and O–H groups in total. The van der Waals surface area contributed by atoms with Crippen molar-refractivity contribution in [3.63, 3.8) is 0 Å². The number of thiol groups is 1. The standard InChI is InChI=1S/C22H21N3O2S/c1-3-25-15(2)20-12-17(6-9-21(20)23-25)24-11-10-18(13-22(24)26)27-14-16-4-7-19(28)8-5-16/h4-13,28H,3,14H2,1-2H3. The summed E-state index contributed by atoms with van der Waals surface area (Å²) >= 11 is 4.27. The van der Waals surface area contributed by atoms with Gasteiger partial charge in [-0.05, 0) is 55.8 Å². The molecule has 4 rings (SSSR count). The van der Waals surface area contributed by atoms with E-state index in [0.29, 0.717) is 12.4 Å². The second-order valence-electron chi connectivity index (χ2n) is 6.63.